The molecule has 4 rings (SSSR count). The Hall–Kier alpha value is -2.84. The first-order valence-electron chi connectivity index (χ1n) is 10.2. The lowest BCUT2D eigenvalue weighted by Crippen LogP contribution is -2.45. The van der Waals surface area contributed by atoms with Gasteiger partial charge < -0.3 is 18.8 Å². The van der Waals surface area contributed by atoms with Crippen molar-refractivity contribution >= 4 is 15.7 Å². The molecule has 164 valence electrons. The van der Waals surface area contributed by atoms with Gasteiger partial charge in [-0.25, -0.2) is 8.42 Å². The zero-order valence-electron chi connectivity index (χ0n) is 18.0. The van der Waals surface area contributed by atoms with E-state index >= 15 is 0 Å². The number of ether oxygens (including phenoxy) is 2. The van der Waals surface area contributed by atoms with Crippen LogP contribution in [0.1, 0.15) is 19.4 Å². The van der Waals surface area contributed by atoms with Crippen molar-refractivity contribution in [2.24, 2.45) is 0 Å². The molecule has 2 heterocycles. The number of rotatable bonds is 5. The number of anilines is 1. The van der Waals surface area contributed by atoms with Crippen molar-refractivity contribution in [1.82, 2.24) is 4.98 Å². The number of aromatic nitrogens is 1. The molecule has 7 nitrogen and oxygen atoms in total. The summed E-state index contributed by atoms with van der Waals surface area (Å²) in [6.07, 6.45) is -0.124. The minimum absolute atomic E-state index is 0.0618. The molecule has 1 aliphatic heterocycles. The van der Waals surface area contributed by atoms with E-state index in [1.54, 1.807) is 55.6 Å². The summed E-state index contributed by atoms with van der Waals surface area (Å²) in [4.78, 5) is 6.54. The van der Waals surface area contributed by atoms with Crippen LogP contribution in [-0.2, 0) is 14.6 Å². The molecule has 8 heteroatoms. The largest absolute Gasteiger partial charge is 0.497 e. The maximum Gasteiger partial charge on any atom is 0.236 e. The lowest BCUT2D eigenvalue weighted by Gasteiger charge is -2.35. The topological polar surface area (TPSA) is 81.9 Å². The number of morpholine rings is 1. The highest BCUT2D eigenvalue weighted by Crippen LogP contribution is 2.36. The molecule has 0 amide bonds. The molecule has 0 saturated carbocycles. The second kappa shape index (κ2) is 8.36. The van der Waals surface area contributed by atoms with Gasteiger partial charge in [-0.05, 0) is 57.2 Å². The summed E-state index contributed by atoms with van der Waals surface area (Å²) >= 11 is 0. The first kappa shape index (κ1) is 21.4. The maximum absolute atomic E-state index is 13.5. The van der Waals surface area contributed by atoms with Crippen LogP contribution in [0.15, 0.2) is 62.9 Å². The van der Waals surface area contributed by atoms with Crippen molar-refractivity contribution < 1.29 is 22.3 Å². The van der Waals surface area contributed by atoms with E-state index in [2.05, 4.69) is 4.98 Å². The minimum Gasteiger partial charge on any atom is -0.497 e. The van der Waals surface area contributed by atoms with Crippen molar-refractivity contribution in [3.05, 3.63) is 54.1 Å². The monoisotopic (exact) mass is 442 g/mol. The van der Waals surface area contributed by atoms with Crippen LogP contribution in [0.4, 0.5) is 5.88 Å². The van der Waals surface area contributed by atoms with Crippen LogP contribution in [0, 0.1) is 6.92 Å². The average Bonchev–Trinajstić information content (AvgIpc) is 3.20. The van der Waals surface area contributed by atoms with Gasteiger partial charge in [-0.3, -0.25) is 0 Å². The smallest absolute Gasteiger partial charge is 0.236 e. The molecule has 0 bridgehead atoms. The highest BCUT2D eigenvalue weighted by molar-refractivity contribution is 7.91. The molecule has 1 fully saturated rings. The third-order valence-electron chi connectivity index (χ3n) is 5.21. The van der Waals surface area contributed by atoms with Crippen molar-refractivity contribution in [2.45, 2.75) is 42.9 Å². The van der Waals surface area contributed by atoms with Gasteiger partial charge in [0.05, 0.1) is 24.2 Å². The van der Waals surface area contributed by atoms with E-state index in [-0.39, 0.29) is 33.9 Å². The third kappa shape index (κ3) is 4.31. The van der Waals surface area contributed by atoms with Gasteiger partial charge >= 0.3 is 0 Å². The van der Waals surface area contributed by atoms with E-state index in [0.29, 0.717) is 24.4 Å². The molecular weight excluding hydrogens is 416 g/mol. The summed E-state index contributed by atoms with van der Waals surface area (Å²) in [5.41, 5.74) is 1.65. The van der Waals surface area contributed by atoms with Crippen LogP contribution in [-0.4, -0.2) is 45.8 Å². The van der Waals surface area contributed by atoms with Gasteiger partial charge in [0.2, 0.25) is 26.6 Å². The second-order valence-corrected chi connectivity index (χ2v) is 9.70. The van der Waals surface area contributed by atoms with Gasteiger partial charge in [0.1, 0.15) is 5.75 Å². The van der Waals surface area contributed by atoms with E-state index in [0.717, 1.165) is 5.56 Å². The van der Waals surface area contributed by atoms with Gasteiger partial charge in [-0.15, -0.1) is 0 Å². The highest BCUT2D eigenvalue weighted by Gasteiger charge is 2.34. The summed E-state index contributed by atoms with van der Waals surface area (Å²) in [6, 6.07) is 13.9. The van der Waals surface area contributed by atoms with Gasteiger partial charge in [-0.1, -0.05) is 17.7 Å². The van der Waals surface area contributed by atoms with Crippen molar-refractivity contribution in [3.63, 3.8) is 0 Å². The third-order valence-corrected chi connectivity index (χ3v) is 6.88. The van der Waals surface area contributed by atoms with Crippen LogP contribution in [0.5, 0.6) is 5.75 Å². The predicted octanol–water partition coefficient (Wildman–Crippen LogP) is 4.11. The molecule has 1 saturated heterocycles. The fourth-order valence-electron chi connectivity index (χ4n) is 3.70. The molecule has 0 aliphatic carbocycles. The molecule has 2 atom stereocenters. The first-order chi connectivity index (χ1) is 14.8. The minimum atomic E-state index is -3.88. The van der Waals surface area contributed by atoms with Gasteiger partial charge in [-0.2, -0.15) is 4.98 Å². The number of nitrogens with zero attached hydrogens (tertiary/aromatic N) is 2. The number of sulfone groups is 1. The van der Waals surface area contributed by atoms with E-state index in [4.69, 9.17) is 13.9 Å². The molecule has 1 aliphatic rings. The number of hydrogen-bond donors (Lipinski definition) is 0. The lowest BCUT2D eigenvalue weighted by molar-refractivity contribution is -0.00657. The van der Waals surface area contributed by atoms with Gasteiger partial charge in [0.25, 0.3) is 0 Å². The van der Waals surface area contributed by atoms with Crippen molar-refractivity contribution in [1.29, 1.82) is 0 Å². The average molecular weight is 443 g/mol. The Morgan fingerprint density at radius 3 is 2.19 bits per heavy atom. The quantitative estimate of drug-likeness (QED) is 0.588. The Balaban J connectivity index is 1.83. The Labute approximate surface area is 182 Å². The Kier molecular flexibility index (Phi) is 5.77. The summed E-state index contributed by atoms with van der Waals surface area (Å²) in [6.45, 7) is 6.85. The molecule has 31 heavy (non-hydrogen) atoms. The van der Waals surface area contributed by atoms with E-state index < -0.39 is 9.84 Å². The molecule has 3 aromatic rings. The molecule has 0 N–H and O–H groups in total. The second-order valence-electron chi connectivity index (χ2n) is 7.84. The molecule has 2 aromatic carbocycles. The molecule has 0 radical (unpaired) electrons. The Bertz CT molecular complexity index is 1140. The van der Waals surface area contributed by atoms with Gasteiger partial charge in [0, 0.05) is 18.7 Å². The standard InChI is InChI=1S/C23H26N2O5S/c1-15-5-11-20(12-6-15)31(26,27)22-23(25-13-16(2)29-17(3)14-25)30-21(24-22)18-7-9-19(28-4)10-8-18/h5-12,16-17H,13-14H2,1-4H3. The van der Waals surface area contributed by atoms with Crippen LogP contribution in [0.3, 0.4) is 0 Å². The Morgan fingerprint density at radius 2 is 1.61 bits per heavy atom. The lowest BCUT2D eigenvalue weighted by atomic mass is 10.2. The summed E-state index contributed by atoms with van der Waals surface area (Å²) < 4.78 is 44.1. The number of methoxy groups -OCH3 is 1. The molecule has 0 spiro atoms. The van der Waals surface area contributed by atoms with Crippen molar-refractivity contribution in [2.75, 3.05) is 25.1 Å². The van der Waals surface area contributed by atoms with Crippen LogP contribution in [0.2, 0.25) is 0 Å². The fraction of sp³-hybridized carbons (Fsp3) is 0.348. The zero-order valence-corrected chi connectivity index (χ0v) is 18.8. The first-order valence-corrected chi connectivity index (χ1v) is 11.6. The van der Waals surface area contributed by atoms with E-state index in [1.807, 2.05) is 25.7 Å². The predicted molar refractivity (Wildman–Crippen MR) is 117 cm³/mol. The molecule has 1 aromatic heterocycles. The zero-order chi connectivity index (χ0) is 22.2. The van der Waals surface area contributed by atoms with E-state index in [1.165, 1.54) is 0 Å². The van der Waals surface area contributed by atoms with Crippen LogP contribution in [0.25, 0.3) is 11.5 Å². The van der Waals surface area contributed by atoms with Gasteiger partial charge in [0.15, 0.2) is 0 Å². The maximum atomic E-state index is 13.5. The SMILES string of the molecule is COc1ccc(-c2nc(S(=O)(=O)c3ccc(C)cc3)c(N3CC(C)OC(C)C3)o2)cc1. The Morgan fingerprint density at radius 1 is 1.00 bits per heavy atom. The summed E-state index contributed by atoms with van der Waals surface area (Å²) in [5, 5.41) is -0.0801. The normalized spacial score (nSPS) is 19.4. The molecule has 2 unspecified atom stereocenters. The van der Waals surface area contributed by atoms with E-state index in [9.17, 15) is 8.42 Å². The van der Waals surface area contributed by atoms with Crippen molar-refractivity contribution in [3.8, 4) is 17.2 Å². The summed E-state index contributed by atoms with van der Waals surface area (Å²) in [7, 11) is -2.29. The highest BCUT2D eigenvalue weighted by atomic mass is 32.2. The van der Waals surface area contributed by atoms with Crippen LogP contribution >= 0.6 is 0 Å². The fourth-order valence-corrected chi connectivity index (χ4v) is 5.02. The summed E-state index contributed by atoms with van der Waals surface area (Å²) in [5.74, 6) is 1.18. The number of aryl methyl sites for hydroxylation is 1. The molecular formula is C23H26N2O5S. The number of benzene rings is 2. The number of oxazole rings is 1. The number of hydrogen-bond acceptors (Lipinski definition) is 7. The van der Waals surface area contributed by atoms with Crippen LogP contribution < -0.4 is 9.64 Å².